The fraction of sp³-hybridized carbons (Fsp3) is 0.0588. The number of aromatic amines is 1. The van der Waals surface area contributed by atoms with E-state index in [1.54, 1.807) is 6.07 Å². The Kier molecular flexibility index (Phi) is 4.87. The van der Waals surface area contributed by atoms with Crippen LogP contribution in [-0.4, -0.2) is 13.4 Å². The second-order valence-electron chi connectivity index (χ2n) is 5.51. The van der Waals surface area contributed by atoms with Crippen LogP contribution < -0.4 is 10.3 Å². The van der Waals surface area contributed by atoms with Gasteiger partial charge in [0.1, 0.15) is 16.5 Å². The van der Waals surface area contributed by atoms with Crippen LogP contribution in [-0.2, 0) is 16.4 Å². The number of anilines is 1. The van der Waals surface area contributed by atoms with Gasteiger partial charge >= 0.3 is 0 Å². The summed E-state index contributed by atoms with van der Waals surface area (Å²) in [4.78, 5) is 13.8. The molecule has 6 nitrogen and oxygen atoms in total. The number of aromatic nitrogens is 1. The normalized spacial score (nSPS) is 11.3. The summed E-state index contributed by atoms with van der Waals surface area (Å²) in [5.74, 6) is -1.97. The van der Waals surface area contributed by atoms with E-state index in [0.29, 0.717) is 6.07 Å². The fourth-order valence-electron chi connectivity index (χ4n) is 2.55. The van der Waals surface area contributed by atoms with E-state index in [1.165, 1.54) is 18.2 Å². The molecule has 138 valence electrons. The van der Waals surface area contributed by atoms with Crippen LogP contribution in [0.5, 0.6) is 0 Å². The molecule has 2 aromatic carbocycles. The molecule has 10 heteroatoms. The molecule has 0 atom stereocenters. The zero-order chi connectivity index (χ0) is 19.8. The lowest BCUT2D eigenvalue weighted by Crippen LogP contribution is -2.18. The maximum Gasteiger partial charge on any atom is 0.264 e. The molecular formula is C17H10ClF2N3O3S. The molecule has 0 fully saturated rings. The Morgan fingerprint density at radius 2 is 1.96 bits per heavy atom. The third kappa shape index (κ3) is 3.49. The minimum atomic E-state index is -4.39. The lowest BCUT2D eigenvalue weighted by molar-refractivity contribution is 0.589. The molecule has 0 amide bonds. The van der Waals surface area contributed by atoms with Gasteiger partial charge in [0.2, 0.25) is 0 Å². The van der Waals surface area contributed by atoms with Crippen LogP contribution in [0.15, 0.2) is 46.2 Å². The molecule has 2 N–H and O–H groups in total. The number of halogens is 3. The van der Waals surface area contributed by atoms with E-state index >= 15 is 0 Å². The Morgan fingerprint density at radius 3 is 2.67 bits per heavy atom. The Bertz CT molecular complexity index is 1270. The number of nitriles is 1. The molecule has 0 aliphatic heterocycles. The summed E-state index contributed by atoms with van der Waals surface area (Å²) < 4.78 is 55.4. The maximum absolute atomic E-state index is 14.2. The number of benzene rings is 2. The van der Waals surface area contributed by atoms with Gasteiger partial charge in [-0.15, -0.1) is 0 Å². The van der Waals surface area contributed by atoms with E-state index in [0.717, 1.165) is 12.3 Å². The summed E-state index contributed by atoms with van der Waals surface area (Å²) in [5, 5.41) is 8.62. The summed E-state index contributed by atoms with van der Waals surface area (Å²) >= 11 is 5.97. The average Bonchev–Trinajstić information content (AvgIpc) is 2.59. The van der Waals surface area contributed by atoms with Gasteiger partial charge in [-0.1, -0.05) is 23.7 Å². The topological polar surface area (TPSA) is 103 Å². The standard InChI is InChI=1S/C17H10ClF2N3O3S/c18-11-3-1-2-10-15(8-22-17(24)16(10)11)27(25,26)23-14-7-12(19)9(4-5-21)6-13(14)20/h1-3,6-8,23H,4H2,(H,22,24). The summed E-state index contributed by atoms with van der Waals surface area (Å²) in [5.41, 5.74) is -1.41. The Balaban J connectivity index is 2.12. The molecule has 3 rings (SSSR count). The number of H-pyrrole nitrogens is 1. The second-order valence-corrected chi connectivity index (χ2v) is 7.57. The van der Waals surface area contributed by atoms with Gasteiger partial charge in [-0.2, -0.15) is 5.26 Å². The predicted molar refractivity (Wildman–Crippen MR) is 96.1 cm³/mol. The number of pyridine rings is 1. The maximum atomic E-state index is 14.2. The average molecular weight is 410 g/mol. The summed E-state index contributed by atoms with van der Waals surface area (Å²) in [6, 6.07) is 7.34. The van der Waals surface area contributed by atoms with Gasteiger partial charge < -0.3 is 4.98 Å². The smallest absolute Gasteiger partial charge is 0.264 e. The van der Waals surface area contributed by atoms with Gasteiger partial charge in [0, 0.05) is 23.2 Å². The van der Waals surface area contributed by atoms with Crippen LogP contribution in [0.3, 0.4) is 0 Å². The van der Waals surface area contributed by atoms with Crippen molar-refractivity contribution in [3.63, 3.8) is 0 Å². The lowest BCUT2D eigenvalue weighted by atomic mass is 10.1. The molecular weight excluding hydrogens is 400 g/mol. The van der Waals surface area contributed by atoms with Crippen molar-refractivity contribution >= 4 is 38.1 Å². The van der Waals surface area contributed by atoms with Gasteiger partial charge in [0.15, 0.2) is 0 Å². The highest BCUT2D eigenvalue weighted by Gasteiger charge is 2.22. The van der Waals surface area contributed by atoms with Crippen molar-refractivity contribution < 1.29 is 17.2 Å². The van der Waals surface area contributed by atoms with Gasteiger partial charge in [-0.3, -0.25) is 9.52 Å². The van der Waals surface area contributed by atoms with Crippen LogP contribution in [0.4, 0.5) is 14.5 Å². The summed E-state index contributed by atoms with van der Waals surface area (Å²) in [7, 11) is -4.39. The molecule has 27 heavy (non-hydrogen) atoms. The minimum absolute atomic E-state index is 0.0285. The third-order valence-corrected chi connectivity index (χ3v) is 5.50. The second kappa shape index (κ2) is 6.98. The first kappa shape index (κ1) is 18.8. The van der Waals surface area contributed by atoms with Gasteiger partial charge in [0.25, 0.3) is 15.6 Å². The number of sulfonamides is 1. The molecule has 0 aliphatic carbocycles. The molecule has 1 aromatic heterocycles. The van der Waals surface area contributed by atoms with E-state index in [-0.39, 0.29) is 32.7 Å². The number of hydrogen-bond acceptors (Lipinski definition) is 4. The van der Waals surface area contributed by atoms with E-state index < -0.39 is 32.9 Å². The molecule has 1 heterocycles. The predicted octanol–water partition coefficient (Wildman–Crippen LogP) is 3.33. The summed E-state index contributed by atoms with van der Waals surface area (Å²) in [6.07, 6.45) is 0.584. The number of nitrogens with one attached hydrogen (secondary N) is 2. The SMILES string of the molecule is N#CCc1cc(F)c(NS(=O)(=O)c2c[nH]c(=O)c3c(Cl)cccc23)cc1F. The zero-order valence-electron chi connectivity index (χ0n) is 13.4. The fourth-order valence-corrected chi connectivity index (χ4v) is 4.04. The molecule has 0 spiro atoms. The van der Waals surface area contributed by atoms with Crippen molar-refractivity contribution in [2.45, 2.75) is 11.3 Å². The van der Waals surface area contributed by atoms with Gasteiger partial charge in [-0.05, 0) is 12.1 Å². The van der Waals surface area contributed by atoms with E-state index in [4.69, 9.17) is 16.9 Å². The monoisotopic (exact) mass is 409 g/mol. The molecule has 0 aliphatic rings. The number of fused-ring (bicyclic) bond motifs is 1. The number of rotatable bonds is 4. The Hall–Kier alpha value is -2.96. The summed E-state index contributed by atoms with van der Waals surface area (Å²) in [6.45, 7) is 0. The van der Waals surface area contributed by atoms with Crippen molar-refractivity contribution in [3.05, 3.63) is 69.1 Å². The van der Waals surface area contributed by atoms with Crippen LogP contribution in [0, 0.1) is 23.0 Å². The first-order valence-corrected chi connectivity index (χ1v) is 9.28. The van der Waals surface area contributed by atoms with Crippen molar-refractivity contribution in [1.82, 2.24) is 4.98 Å². The van der Waals surface area contributed by atoms with Crippen molar-refractivity contribution in [3.8, 4) is 6.07 Å². The largest absolute Gasteiger partial charge is 0.327 e. The molecule has 0 radical (unpaired) electrons. The molecule has 3 aromatic rings. The first-order chi connectivity index (χ1) is 12.7. The molecule has 0 saturated carbocycles. The van der Waals surface area contributed by atoms with Crippen molar-refractivity contribution in [1.29, 1.82) is 5.26 Å². The highest BCUT2D eigenvalue weighted by Crippen LogP contribution is 2.28. The van der Waals surface area contributed by atoms with Crippen LogP contribution in [0.25, 0.3) is 10.8 Å². The molecule has 0 bridgehead atoms. The first-order valence-electron chi connectivity index (χ1n) is 7.42. The lowest BCUT2D eigenvalue weighted by Gasteiger charge is -2.12. The Morgan fingerprint density at radius 1 is 1.22 bits per heavy atom. The quantitative estimate of drug-likeness (QED) is 0.689. The van der Waals surface area contributed by atoms with Crippen LogP contribution in [0.1, 0.15) is 5.56 Å². The van der Waals surface area contributed by atoms with Gasteiger partial charge in [0.05, 0.1) is 28.6 Å². The third-order valence-electron chi connectivity index (χ3n) is 3.78. The van der Waals surface area contributed by atoms with E-state index in [9.17, 15) is 22.0 Å². The van der Waals surface area contributed by atoms with Crippen molar-refractivity contribution in [2.24, 2.45) is 0 Å². The highest BCUT2D eigenvalue weighted by atomic mass is 35.5. The van der Waals surface area contributed by atoms with Gasteiger partial charge in [-0.25, -0.2) is 17.2 Å². The van der Waals surface area contributed by atoms with Crippen molar-refractivity contribution in [2.75, 3.05) is 4.72 Å². The van der Waals surface area contributed by atoms with E-state index in [2.05, 4.69) is 4.98 Å². The molecule has 0 saturated heterocycles. The highest BCUT2D eigenvalue weighted by molar-refractivity contribution is 7.93. The number of nitrogens with zero attached hydrogens (tertiary/aromatic N) is 1. The van der Waals surface area contributed by atoms with Crippen LogP contribution in [0.2, 0.25) is 5.02 Å². The zero-order valence-corrected chi connectivity index (χ0v) is 15.0. The molecule has 0 unspecified atom stereocenters. The van der Waals surface area contributed by atoms with E-state index in [1.807, 2.05) is 4.72 Å². The minimum Gasteiger partial charge on any atom is -0.327 e. The van der Waals surface area contributed by atoms with Crippen LogP contribution >= 0.6 is 11.6 Å². The number of hydrogen-bond donors (Lipinski definition) is 2. The Labute approximate surface area is 157 Å².